The van der Waals surface area contributed by atoms with Crippen molar-refractivity contribution in [2.45, 2.75) is 30.2 Å². The van der Waals surface area contributed by atoms with E-state index in [-0.39, 0.29) is 29.5 Å². The second-order valence-electron chi connectivity index (χ2n) is 5.83. The van der Waals surface area contributed by atoms with Gasteiger partial charge in [-0.1, -0.05) is 0 Å². The summed E-state index contributed by atoms with van der Waals surface area (Å²) in [5, 5.41) is 20.1. The minimum Gasteiger partial charge on any atom is -0.481 e. The molecule has 0 radical (unpaired) electrons. The fraction of sp³-hybridized carbons (Fsp3) is 0.312. The van der Waals surface area contributed by atoms with E-state index in [0.29, 0.717) is 17.1 Å². The maximum absolute atomic E-state index is 12.2. The number of aromatic amines is 1. The Bertz CT molecular complexity index is 973. The molecule has 156 valence electrons. The smallest absolute Gasteiger partial charge is 0.326 e. The fourth-order valence-corrected chi connectivity index (χ4v) is 4.22. The lowest BCUT2D eigenvalue weighted by Crippen LogP contribution is -2.40. The predicted molar refractivity (Wildman–Crippen MR) is 108 cm³/mol. The van der Waals surface area contributed by atoms with Crippen molar-refractivity contribution >= 4 is 52.7 Å². The first kappa shape index (κ1) is 22.2. The molecule has 2 aromatic rings. The van der Waals surface area contributed by atoms with Crippen molar-refractivity contribution in [3.63, 3.8) is 0 Å². The van der Waals surface area contributed by atoms with Crippen molar-refractivity contribution in [2.24, 2.45) is 0 Å². The number of carboxylic acid groups (broad SMARTS) is 2. The molecule has 0 unspecified atom stereocenters. The van der Waals surface area contributed by atoms with Crippen molar-refractivity contribution in [3.05, 3.63) is 32.2 Å². The standard InChI is InChI=1S/C16H19N5O6S2/c17-12-11(14(25)21-16(18)20-12)28-6-5-7-1-3-9(29-7)13(24)19-8(15(26)27)2-4-10(22)23/h1,3,8H,2,4-6H2,(H,19,24)(H,22,23)(H,26,27)(H5,17,18,20,21,25)/t8-/m1/s1. The highest BCUT2D eigenvalue weighted by Crippen LogP contribution is 2.23. The lowest BCUT2D eigenvalue weighted by Gasteiger charge is -2.12. The van der Waals surface area contributed by atoms with Crippen LogP contribution >= 0.6 is 23.1 Å². The number of aryl methyl sites for hydroxylation is 1. The number of anilines is 2. The Morgan fingerprint density at radius 3 is 2.62 bits per heavy atom. The first-order chi connectivity index (χ1) is 13.7. The third kappa shape index (κ3) is 6.50. The molecule has 29 heavy (non-hydrogen) atoms. The average molecular weight is 441 g/mol. The van der Waals surface area contributed by atoms with Gasteiger partial charge in [0.1, 0.15) is 16.8 Å². The van der Waals surface area contributed by atoms with Gasteiger partial charge in [-0.2, -0.15) is 4.98 Å². The van der Waals surface area contributed by atoms with Crippen LogP contribution in [-0.2, 0) is 16.0 Å². The predicted octanol–water partition coefficient (Wildman–Crippen LogP) is 0.378. The number of nitrogens with one attached hydrogen (secondary N) is 2. The Kier molecular flexibility index (Phi) is 7.61. The first-order valence-electron chi connectivity index (χ1n) is 8.29. The first-order valence-corrected chi connectivity index (χ1v) is 10.1. The number of thioether (sulfide) groups is 1. The van der Waals surface area contributed by atoms with Crippen LogP contribution in [0, 0.1) is 0 Å². The summed E-state index contributed by atoms with van der Waals surface area (Å²) in [7, 11) is 0. The van der Waals surface area contributed by atoms with E-state index in [0.717, 1.165) is 4.88 Å². The number of nitrogens with zero attached hydrogens (tertiary/aromatic N) is 1. The average Bonchev–Trinajstić information content (AvgIpc) is 3.09. The summed E-state index contributed by atoms with van der Waals surface area (Å²) < 4.78 is 0. The summed E-state index contributed by atoms with van der Waals surface area (Å²) >= 11 is 2.38. The molecule has 1 atom stereocenters. The van der Waals surface area contributed by atoms with Gasteiger partial charge >= 0.3 is 11.9 Å². The molecule has 13 heteroatoms. The van der Waals surface area contributed by atoms with Crippen molar-refractivity contribution in [3.8, 4) is 0 Å². The molecule has 0 bridgehead atoms. The highest BCUT2D eigenvalue weighted by molar-refractivity contribution is 7.99. The van der Waals surface area contributed by atoms with E-state index in [1.807, 2.05) is 0 Å². The van der Waals surface area contributed by atoms with Gasteiger partial charge in [-0.25, -0.2) is 4.79 Å². The van der Waals surface area contributed by atoms with Crippen LogP contribution in [0.1, 0.15) is 27.4 Å². The molecule has 0 fully saturated rings. The fourth-order valence-electron chi connectivity index (χ4n) is 2.28. The normalized spacial score (nSPS) is 11.7. The number of carboxylic acids is 2. The van der Waals surface area contributed by atoms with Crippen LogP contribution in [0.25, 0.3) is 0 Å². The molecule has 0 saturated carbocycles. The number of aliphatic carboxylic acids is 2. The van der Waals surface area contributed by atoms with Crippen LogP contribution in [-0.4, -0.2) is 49.8 Å². The Labute approximate surface area is 172 Å². The van der Waals surface area contributed by atoms with Gasteiger partial charge in [0.2, 0.25) is 5.95 Å². The molecule has 2 aromatic heterocycles. The van der Waals surface area contributed by atoms with E-state index in [1.165, 1.54) is 23.1 Å². The van der Waals surface area contributed by atoms with Crippen molar-refractivity contribution < 1.29 is 24.6 Å². The summed E-state index contributed by atoms with van der Waals surface area (Å²) in [5.74, 6) is -2.55. The number of rotatable bonds is 10. The molecular formula is C16H19N5O6S2. The molecule has 0 aliphatic heterocycles. The van der Waals surface area contributed by atoms with Gasteiger partial charge in [0, 0.05) is 17.1 Å². The number of amides is 1. The molecule has 2 rings (SSSR count). The van der Waals surface area contributed by atoms with E-state index >= 15 is 0 Å². The number of nitrogens with two attached hydrogens (primary N) is 2. The SMILES string of the molecule is Nc1nc(N)c(SCCc2ccc(C(=O)N[C@H](CCC(=O)O)C(=O)O)s2)c(=O)[nH]1. The third-order valence-electron chi connectivity index (χ3n) is 3.65. The molecule has 0 saturated heterocycles. The van der Waals surface area contributed by atoms with Gasteiger partial charge in [0.05, 0.1) is 4.88 Å². The molecule has 0 aliphatic rings. The second-order valence-corrected chi connectivity index (χ2v) is 8.10. The summed E-state index contributed by atoms with van der Waals surface area (Å²) in [5.41, 5.74) is 10.7. The van der Waals surface area contributed by atoms with Gasteiger partial charge in [-0.3, -0.25) is 19.4 Å². The minimum absolute atomic E-state index is 0.0450. The Balaban J connectivity index is 1.93. The number of carbonyl (C=O) groups is 3. The lowest BCUT2D eigenvalue weighted by molar-refractivity contribution is -0.140. The molecule has 11 nitrogen and oxygen atoms in total. The van der Waals surface area contributed by atoms with Crippen LogP contribution in [0.5, 0.6) is 0 Å². The van der Waals surface area contributed by atoms with Gasteiger partial charge in [-0.15, -0.1) is 23.1 Å². The van der Waals surface area contributed by atoms with Gasteiger partial charge in [0.25, 0.3) is 11.5 Å². The summed E-state index contributed by atoms with van der Waals surface area (Å²) in [6, 6.07) is 2.00. The van der Waals surface area contributed by atoms with E-state index in [9.17, 15) is 19.2 Å². The van der Waals surface area contributed by atoms with E-state index < -0.39 is 29.4 Å². The number of H-pyrrole nitrogens is 1. The largest absolute Gasteiger partial charge is 0.481 e. The zero-order chi connectivity index (χ0) is 21.6. The van der Waals surface area contributed by atoms with E-state index in [2.05, 4.69) is 15.3 Å². The topological polar surface area (TPSA) is 201 Å². The van der Waals surface area contributed by atoms with Crippen LogP contribution in [0.2, 0.25) is 0 Å². The zero-order valence-corrected chi connectivity index (χ0v) is 16.6. The zero-order valence-electron chi connectivity index (χ0n) is 15.0. The molecule has 0 spiro atoms. The van der Waals surface area contributed by atoms with Crippen LogP contribution in [0.15, 0.2) is 21.8 Å². The lowest BCUT2D eigenvalue weighted by atomic mass is 10.1. The number of carbonyl (C=O) groups excluding carboxylic acids is 1. The van der Waals surface area contributed by atoms with Gasteiger partial charge < -0.3 is 27.0 Å². The number of aromatic nitrogens is 2. The number of hydrogen-bond acceptors (Lipinski definition) is 9. The monoisotopic (exact) mass is 441 g/mol. The molecule has 2 heterocycles. The maximum Gasteiger partial charge on any atom is 0.326 e. The Hall–Kier alpha value is -3.06. The quantitative estimate of drug-likeness (QED) is 0.280. The van der Waals surface area contributed by atoms with Gasteiger partial charge in [0.15, 0.2) is 0 Å². The van der Waals surface area contributed by atoms with Crippen molar-refractivity contribution in [1.82, 2.24) is 15.3 Å². The minimum atomic E-state index is -1.30. The third-order valence-corrected chi connectivity index (χ3v) is 5.89. The molecule has 8 N–H and O–H groups in total. The van der Waals surface area contributed by atoms with E-state index in [1.54, 1.807) is 12.1 Å². The Morgan fingerprint density at radius 2 is 2.00 bits per heavy atom. The van der Waals surface area contributed by atoms with Crippen LogP contribution in [0.4, 0.5) is 11.8 Å². The Morgan fingerprint density at radius 1 is 1.28 bits per heavy atom. The van der Waals surface area contributed by atoms with Crippen LogP contribution in [0.3, 0.4) is 0 Å². The van der Waals surface area contributed by atoms with E-state index in [4.69, 9.17) is 21.7 Å². The highest BCUT2D eigenvalue weighted by Gasteiger charge is 2.22. The second kappa shape index (κ2) is 9.93. The number of nitrogen functional groups attached to an aromatic ring is 2. The summed E-state index contributed by atoms with van der Waals surface area (Å²) in [4.78, 5) is 53.4. The molecule has 0 aliphatic carbocycles. The van der Waals surface area contributed by atoms with Crippen molar-refractivity contribution in [1.29, 1.82) is 0 Å². The number of hydrogen-bond donors (Lipinski definition) is 6. The highest BCUT2D eigenvalue weighted by atomic mass is 32.2. The molecule has 1 amide bonds. The van der Waals surface area contributed by atoms with Gasteiger partial charge in [-0.05, 0) is 25.0 Å². The summed E-state index contributed by atoms with van der Waals surface area (Å²) in [6.07, 6.45) is -0.0451. The molecular weight excluding hydrogens is 422 g/mol. The maximum atomic E-state index is 12.2. The molecule has 0 aromatic carbocycles. The van der Waals surface area contributed by atoms with Crippen LogP contribution < -0.4 is 22.3 Å². The van der Waals surface area contributed by atoms with Crippen molar-refractivity contribution in [2.75, 3.05) is 17.2 Å². The number of thiophene rings is 1. The summed E-state index contributed by atoms with van der Waals surface area (Å²) in [6.45, 7) is 0.